The van der Waals surface area contributed by atoms with Gasteiger partial charge in [-0.15, -0.1) is 0 Å². The average molecular weight is 327 g/mol. The Kier molecular flexibility index (Phi) is 5.70. The number of carbonyl (C=O) groups is 1. The molecule has 0 aromatic rings. The number of hydrogen-bond acceptors (Lipinski definition) is 3. The van der Waals surface area contributed by atoms with Crippen LogP contribution in [0, 0.1) is 0 Å². The summed E-state index contributed by atoms with van der Waals surface area (Å²) in [6.45, 7) is -2.13. The van der Waals surface area contributed by atoms with E-state index in [1.54, 1.807) is 5.32 Å². The molecule has 0 fully saturated rings. The second-order valence-corrected chi connectivity index (χ2v) is 6.25. The van der Waals surface area contributed by atoms with E-state index in [9.17, 15) is 26.4 Å². The van der Waals surface area contributed by atoms with E-state index in [0.29, 0.717) is 4.31 Å². The Morgan fingerprint density at radius 1 is 1.44 bits per heavy atom. The van der Waals surface area contributed by atoms with Crippen LogP contribution in [0.1, 0.15) is 0 Å². The molecule has 0 bridgehead atoms. The lowest BCUT2D eigenvalue weighted by molar-refractivity contribution is -0.138. The molecule has 1 N–H and O–H groups in total. The smallest absolute Gasteiger partial charge is 0.346 e. The van der Waals surface area contributed by atoms with Crippen molar-refractivity contribution < 1.29 is 26.4 Å². The SMILES string of the molecule is CN(CC(=O)NCC(F)(F)F)S(=O)(=O)CBr. The molecule has 0 atom stereocenters. The maximum Gasteiger partial charge on any atom is 0.405 e. The van der Waals surface area contributed by atoms with E-state index in [-0.39, 0.29) is 0 Å². The number of amides is 1. The Morgan fingerprint density at radius 3 is 2.31 bits per heavy atom. The van der Waals surface area contributed by atoms with Crippen molar-refractivity contribution in [2.45, 2.75) is 6.18 Å². The summed E-state index contributed by atoms with van der Waals surface area (Å²) in [6.07, 6.45) is -4.51. The Bertz CT molecular complexity index is 343. The normalized spacial score (nSPS) is 12.9. The van der Waals surface area contributed by atoms with Crippen LogP contribution in [0.3, 0.4) is 0 Å². The van der Waals surface area contributed by atoms with Crippen LogP contribution in [0.15, 0.2) is 0 Å². The number of halogens is 4. The quantitative estimate of drug-likeness (QED) is 0.738. The van der Waals surface area contributed by atoms with Gasteiger partial charge in [0.1, 0.15) is 11.2 Å². The first-order chi connectivity index (χ1) is 7.08. The van der Waals surface area contributed by atoms with Gasteiger partial charge in [-0.2, -0.15) is 17.5 Å². The molecule has 0 spiro atoms. The molecule has 1 amide bonds. The molecule has 0 aliphatic carbocycles. The molecule has 0 aromatic heterocycles. The number of nitrogens with one attached hydrogen (secondary N) is 1. The molecule has 0 rings (SSSR count). The van der Waals surface area contributed by atoms with Gasteiger partial charge in [-0.25, -0.2) is 8.42 Å². The van der Waals surface area contributed by atoms with Crippen LogP contribution in [0.25, 0.3) is 0 Å². The highest BCUT2D eigenvalue weighted by Crippen LogP contribution is 2.12. The van der Waals surface area contributed by atoms with Crippen LogP contribution in [-0.2, 0) is 14.8 Å². The second kappa shape index (κ2) is 5.82. The lowest BCUT2D eigenvalue weighted by Crippen LogP contribution is -2.41. The number of likely N-dealkylation sites (N-methyl/N-ethyl adjacent to an activating group) is 1. The van der Waals surface area contributed by atoms with Crippen molar-refractivity contribution in [3.63, 3.8) is 0 Å². The van der Waals surface area contributed by atoms with Gasteiger partial charge in [-0.1, -0.05) is 15.9 Å². The summed E-state index contributed by atoms with van der Waals surface area (Å²) in [4.78, 5) is 10.9. The van der Waals surface area contributed by atoms with Gasteiger partial charge >= 0.3 is 6.18 Å². The predicted molar refractivity (Wildman–Crippen MR) is 54.4 cm³/mol. The van der Waals surface area contributed by atoms with Crippen molar-refractivity contribution in [3.05, 3.63) is 0 Å². The largest absolute Gasteiger partial charge is 0.405 e. The highest BCUT2D eigenvalue weighted by Gasteiger charge is 2.28. The third-order valence-electron chi connectivity index (χ3n) is 1.47. The zero-order chi connectivity index (χ0) is 13.0. The van der Waals surface area contributed by atoms with Crippen molar-refractivity contribution in [2.75, 3.05) is 24.8 Å². The maximum atomic E-state index is 11.7. The number of carbonyl (C=O) groups excluding carboxylic acids is 1. The molecule has 96 valence electrons. The molecule has 0 aliphatic heterocycles. The highest BCUT2D eigenvalue weighted by molar-refractivity contribution is 9.10. The first-order valence-electron chi connectivity index (χ1n) is 3.92. The average Bonchev–Trinajstić information content (AvgIpc) is 2.13. The van der Waals surface area contributed by atoms with Gasteiger partial charge in [0, 0.05) is 7.05 Å². The van der Waals surface area contributed by atoms with E-state index in [4.69, 9.17) is 0 Å². The summed E-state index contributed by atoms with van der Waals surface area (Å²) in [5.41, 5.74) is 0. The van der Waals surface area contributed by atoms with E-state index in [0.717, 1.165) is 7.05 Å². The lowest BCUT2D eigenvalue weighted by atomic mass is 10.5. The van der Waals surface area contributed by atoms with Crippen molar-refractivity contribution in [1.82, 2.24) is 9.62 Å². The van der Waals surface area contributed by atoms with Gasteiger partial charge in [0.2, 0.25) is 15.9 Å². The van der Waals surface area contributed by atoms with Gasteiger partial charge < -0.3 is 5.32 Å². The Labute approximate surface area is 99.2 Å². The van der Waals surface area contributed by atoms with Crippen LogP contribution >= 0.6 is 15.9 Å². The van der Waals surface area contributed by atoms with E-state index < -0.39 is 39.9 Å². The fourth-order valence-corrected chi connectivity index (χ4v) is 2.17. The van der Waals surface area contributed by atoms with Gasteiger partial charge in [0.25, 0.3) is 0 Å². The molecule has 0 aliphatic rings. The van der Waals surface area contributed by atoms with Gasteiger partial charge in [-0.3, -0.25) is 4.79 Å². The maximum absolute atomic E-state index is 11.7. The standard InChI is InChI=1S/C6H10BrF3N2O3S/c1-12(16(14,15)4-7)2-5(13)11-3-6(8,9)10/h2-4H2,1H3,(H,11,13). The Morgan fingerprint density at radius 2 is 1.94 bits per heavy atom. The summed E-state index contributed by atoms with van der Waals surface area (Å²) in [5.74, 6) is -1.01. The first-order valence-corrected chi connectivity index (χ1v) is 6.65. The summed E-state index contributed by atoms with van der Waals surface area (Å²) in [7, 11) is -2.54. The molecule has 0 heterocycles. The first kappa shape index (κ1) is 15.7. The van der Waals surface area contributed by atoms with Crippen molar-refractivity contribution in [3.8, 4) is 0 Å². The van der Waals surface area contributed by atoms with Crippen molar-refractivity contribution in [2.24, 2.45) is 0 Å². The Balaban J connectivity index is 4.17. The predicted octanol–water partition coefficient (Wildman–Crippen LogP) is 0.279. The van der Waals surface area contributed by atoms with E-state index in [1.807, 2.05) is 0 Å². The minimum atomic E-state index is -4.51. The minimum absolute atomic E-state index is 0.400. The zero-order valence-corrected chi connectivity index (χ0v) is 10.6. The third-order valence-corrected chi connectivity index (χ3v) is 4.56. The number of rotatable bonds is 5. The molecule has 0 radical (unpaired) electrons. The summed E-state index contributed by atoms with van der Waals surface area (Å²) < 4.78 is 57.6. The van der Waals surface area contributed by atoms with Crippen LogP contribution in [0.4, 0.5) is 13.2 Å². The van der Waals surface area contributed by atoms with E-state index in [1.165, 1.54) is 0 Å². The number of alkyl halides is 4. The summed E-state index contributed by atoms with van der Waals surface area (Å²) in [5, 5.41) is 1.56. The molecule has 5 nitrogen and oxygen atoms in total. The summed E-state index contributed by atoms with van der Waals surface area (Å²) in [6, 6.07) is 0. The van der Waals surface area contributed by atoms with Crippen LogP contribution in [0.2, 0.25) is 0 Å². The van der Waals surface area contributed by atoms with Gasteiger partial charge in [0.05, 0.1) is 6.54 Å². The Hall–Kier alpha value is -0.350. The minimum Gasteiger partial charge on any atom is -0.346 e. The molecule has 10 heteroatoms. The second-order valence-electron chi connectivity index (χ2n) is 2.87. The topological polar surface area (TPSA) is 66.5 Å². The molecule has 0 unspecified atom stereocenters. The summed E-state index contributed by atoms with van der Waals surface area (Å²) >= 11 is 2.69. The van der Waals surface area contributed by atoms with Crippen molar-refractivity contribution in [1.29, 1.82) is 0 Å². The molecule has 0 saturated heterocycles. The third kappa shape index (κ3) is 6.28. The number of hydrogen-bond donors (Lipinski definition) is 1. The molecule has 0 saturated carbocycles. The van der Waals surface area contributed by atoms with Crippen LogP contribution < -0.4 is 5.32 Å². The van der Waals surface area contributed by atoms with E-state index in [2.05, 4.69) is 15.9 Å². The fraction of sp³-hybridized carbons (Fsp3) is 0.833. The number of nitrogens with zero attached hydrogens (tertiary/aromatic N) is 1. The molecular weight excluding hydrogens is 317 g/mol. The molecular formula is C6H10BrF3N2O3S. The van der Waals surface area contributed by atoms with Crippen LogP contribution in [-0.4, -0.2) is 49.6 Å². The van der Waals surface area contributed by atoms with Crippen LogP contribution in [0.5, 0.6) is 0 Å². The monoisotopic (exact) mass is 326 g/mol. The fourth-order valence-electron chi connectivity index (χ4n) is 0.639. The number of sulfonamides is 1. The molecule has 16 heavy (non-hydrogen) atoms. The highest BCUT2D eigenvalue weighted by atomic mass is 79.9. The van der Waals surface area contributed by atoms with Gasteiger partial charge in [-0.05, 0) is 0 Å². The molecule has 0 aromatic carbocycles. The zero-order valence-electron chi connectivity index (χ0n) is 8.21. The van der Waals surface area contributed by atoms with E-state index >= 15 is 0 Å². The van der Waals surface area contributed by atoms with Crippen molar-refractivity contribution >= 4 is 31.9 Å². The van der Waals surface area contributed by atoms with Gasteiger partial charge in [0.15, 0.2) is 0 Å². The lowest BCUT2D eigenvalue weighted by Gasteiger charge is -2.15.